The molecule has 0 amide bonds. The summed E-state index contributed by atoms with van der Waals surface area (Å²) in [5.74, 6) is 0.389. The molecule has 0 radical (unpaired) electrons. The monoisotopic (exact) mass is 285 g/mol. The average Bonchev–Trinajstić information content (AvgIpc) is 2.31. The van der Waals surface area contributed by atoms with Crippen molar-refractivity contribution in [1.82, 2.24) is 5.32 Å². The Bertz CT molecular complexity index is 412. The van der Waals surface area contributed by atoms with Gasteiger partial charge in [0.15, 0.2) is 0 Å². The quantitative estimate of drug-likeness (QED) is 0.828. The summed E-state index contributed by atoms with van der Waals surface area (Å²) in [6.07, 6.45) is 1.69. The van der Waals surface area contributed by atoms with E-state index in [9.17, 15) is 4.39 Å². The zero-order valence-electron chi connectivity index (χ0n) is 12.6. The lowest BCUT2D eigenvalue weighted by Gasteiger charge is -2.31. The minimum atomic E-state index is -0.173. The van der Waals surface area contributed by atoms with Gasteiger partial charge in [0, 0.05) is 11.1 Å². The lowest BCUT2D eigenvalue weighted by molar-refractivity contribution is 0.224. The third kappa shape index (κ3) is 5.12. The lowest BCUT2D eigenvalue weighted by Crippen LogP contribution is -2.33. The number of benzene rings is 1. The van der Waals surface area contributed by atoms with Gasteiger partial charge in [-0.15, -0.1) is 0 Å². The molecule has 1 nitrogen and oxygen atoms in total. The fraction of sp³-hybridized carbons (Fsp3) is 0.625. The molecule has 0 aliphatic carbocycles. The second kappa shape index (κ2) is 6.71. The Morgan fingerprint density at radius 1 is 1.32 bits per heavy atom. The molecule has 0 aromatic heterocycles. The maximum Gasteiger partial charge on any atom is 0.126 e. The molecule has 0 aliphatic rings. The Balaban J connectivity index is 2.74. The second-order valence-electron chi connectivity index (χ2n) is 6.43. The van der Waals surface area contributed by atoms with Crippen molar-refractivity contribution in [2.45, 2.75) is 46.6 Å². The topological polar surface area (TPSA) is 12.0 Å². The SMILES string of the molecule is CNC(Cc1cc(Cl)ccc1F)CC(C)C(C)(C)C. The number of nitrogens with one attached hydrogen (secondary N) is 1. The Kier molecular flexibility index (Phi) is 5.82. The first kappa shape index (κ1) is 16.5. The van der Waals surface area contributed by atoms with Crippen molar-refractivity contribution < 1.29 is 4.39 Å². The Labute approximate surface area is 121 Å². The van der Waals surface area contributed by atoms with Crippen LogP contribution in [0.1, 0.15) is 39.7 Å². The second-order valence-corrected chi connectivity index (χ2v) is 6.86. The van der Waals surface area contributed by atoms with Gasteiger partial charge >= 0.3 is 0 Å². The molecule has 1 aromatic rings. The van der Waals surface area contributed by atoms with Crippen molar-refractivity contribution in [3.63, 3.8) is 0 Å². The zero-order chi connectivity index (χ0) is 14.6. The minimum absolute atomic E-state index is 0.173. The first-order valence-corrected chi connectivity index (χ1v) is 7.23. The van der Waals surface area contributed by atoms with Crippen molar-refractivity contribution in [3.05, 3.63) is 34.6 Å². The zero-order valence-corrected chi connectivity index (χ0v) is 13.3. The maximum atomic E-state index is 13.8. The Morgan fingerprint density at radius 2 is 1.95 bits per heavy atom. The van der Waals surface area contributed by atoms with E-state index >= 15 is 0 Å². The molecule has 0 saturated carbocycles. The van der Waals surface area contributed by atoms with Gasteiger partial charge in [-0.1, -0.05) is 39.3 Å². The number of rotatable bonds is 5. The van der Waals surface area contributed by atoms with Crippen LogP contribution in [0.4, 0.5) is 4.39 Å². The highest BCUT2D eigenvalue weighted by atomic mass is 35.5. The van der Waals surface area contributed by atoms with Gasteiger partial charge in [-0.3, -0.25) is 0 Å². The molecular formula is C16H25ClFN. The molecule has 108 valence electrons. The third-order valence-corrected chi connectivity index (χ3v) is 4.23. The summed E-state index contributed by atoms with van der Waals surface area (Å²) in [4.78, 5) is 0. The van der Waals surface area contributed by atoms with Crippen LogP contribution in [0.5, 0.6) is 0 Å². The average molecular weight is 286 g/mol. The molecule has 0 aliphatic heterocycles. The fourth-order valence-electron chi connectivity index (χ4n) is 2.05. The van der Waals surface area contributed by atoms with Crippen LogP contribution in [0.25, 0.3) is 0 Å². The number of hydrogen-bond acceptors (Lipinski definition) is 1. The van der Waals surface area contributed by atoms with Gasteiger partial charge in [0.05, 0.1) is 0 Å². The standard InChI is InChI=1S/C16H25ClFN/c1-11(16(2,3)4)8-14(19-5)10-12-9-13(17)6-7-15(12)18/h6-7,9,11,14,19H,8,10H2,1-5H3. The van der Waals surface area contributed by atoms with E-state index < -0.39 is 0 Å². The molecule has 2 atom stereocenters. The molecule has 2 unspecified atom stereocenters. The summed E-state index contributed by atoms with van der Waals surface area (Å²) in [5.41, 5.74) is 0.954. The van der Waals surface area contributed by atoms with E-state index in [1.54, 1.807) is 12.1 Å². The van der Waals surface area contributed by atoms with Crippen molar-refractivity contribution in [2.75, 3.05) is 7.05 Å². The van der Waals surface area contributed by atoms with E-state index in [-0.39, 0.29) is 17.3 Å². The molecule has 1 N–H and O–H groups in total. The van der Waals surface area contributed by atoms with Gasteiger partial charge < -0.3 is 5.32 Å². The highest BCUT2D eigenvalue weighted by Gasteiger charge is 2.23. The van der Waals surface area contributed by atoms with E-state index in [0.717, 1.165) is 6.42 Å². The third-order valence-electron chi connectivity index (χ3n) is 4.00. The van der Waals surface area contributed by atoms with Crippen LogP contribution >= 0.6 is 11.6 Å². The van der Waals surface area contributed by atoms with Gasteiger partial charge in [-0.05, 0) is 55.0 Å². The molecule has 0 spiro atoms. The predicted octanol–water partition coefficient (Wildman–Crippen LogP) is 4.68. The molecule has 0 fully saturated rings. The molecule has 0 saturated heterocycles. The van der Waals surface area contributed by atoms with E-state index in [1.165, 1.54) is 6.07 Å². The molecule has 1 aromatic carbocycles. The predicted molar refractivity (Wildman–Crippen MR) is 81.2 cm³/mol. The van der Waals surface area contributed by atoms with Gasteiger partial charge in [-0.2, -0.15) is 0 Å². The van der Waals surface area contributed by atoms with E-state index in [4.69, 9.17) is 11.6 Å². The smallest absolute Gasteiger partial charge is 0.126 e. The van der Waals surface area contributed by atoms with E-state index in [2.05, 4.69) is 33.0 Å². The van der Waals surface area contributed by atoms with E-state index in [0.29, 0.717) is 22.9 Å². The molecule has 0 bridgehead atoms. The fourth-order valence-corrected chi connectivity index (χ4v) is 2.24. The van der Waals surface area contributed by atoms with Gasteiger partial charge in [0.2, 0.25) is 0 Å². The number of likely N-dealkylation sites (N-methyl/N-ethyl adjacent to an activating group) is 1. The molecule has 19 heavy (non-hydrogen) atoms. The van der Waals surface area contributed by atoms with Crippen LogP contribution in [0.15, 0.2) is 18.2 Å². The van der Waals surface area contributed by atoms with Gasteiger partial charge in [-0.25, -0.2) is 4.39 Å². The molecular weight excluding hydrogens is 261 g/mol. The van der Waals surface area contributed by atoms with Crippen LogP contribution < -0.4 is 5.32 Å². The molecule has 0 heterocycles. The maximum absolute atomic E-state index is 13.8. The lowest BCUT2D eigenvalue weighted by atomic mass is 9.78. The largest absolute Gasteiger partial charge is 0.317 e. The summed E-state index contributed by atoms with van der Waals surface area (Å²) >= 11 is 5.93. The van der Waals surface area contributed by atoms with Crippen molar-refractivity contribution in [1.29, 1.82) is 0 Å². The summed E-state index contributed by atoms with van der Waals surface area (Å²) < 4.78 is 13.8. The van der Waals surface area contributed by atoms with Crippen LogP contribution in [0, 0.1) is 17.2 Å². The van der Waals surface area contributed by atoms with Crippen LogP contribution in [-0.4, -0.2) is 13.1 Å². The van der Waals surface area contributed by atoms with Crippen LogP contribution in [0.3, 0.4) is 0 Å². The van der Waals surface area contributed by atoms with E-state index in [1.807, 2.05) is 7.05 Å². The molecule has 1 rings (SSSR count). The summed E-state index contributed by atoms with van der Waals surface area (Å²) in [7, 11) is 1.93. The highest BCUT2D eigenvalue weighted by Crippen LogP contribution is 2.30. The normalized spacial score (nSPS) is 15.3. The summed E-state index contributed by atoms with van der Waals surface area (Å²) in [5, 5.41) is 3.88. The molecule has 3 heteroatoms. The number of hydrogen-bond donors (Lipinski definition) is 1. The van der Waals surface area contributed by atoms with Gasteiger partial charge in [0.25, 0.3) is 0 Å². The van der Waals surface area contributed by atoms with Gasteiger partial charge in [0.1, 0.15) is 5.82 Å². The Morgan fingerprint density at radius 3 is 2.47 bits per heavy atom. The summed E-state index contributed by atoms with van der Waals surface area (Å²) in [6, 6.07) is 5.02. The first-order valence-electron chi connectivity index (χ1n) is 6.85. The van der Waals surface area contributed by atoms with Crippen LogP contribution in [-0.2, 0) is 6.42 Å². The first-order chi connectivity index (χ1) is 8.74. The highest BCUT2D eigenvalue weighted by molar-refractivity contribution is 6.30. The van der Waals surface area contributed by atoms with Crippen molar-refractivity contribution >= 4 is 11.6 Å². The Hall–Kier alpha value is -0.600. The van der Waals surface area contributed by atoms with Crippen molar-refractivity contribution in [2.24, 2.45) is 11.3 Å². The van der Waals surface area contributed by atoms with Crippen LogP contribution in [0.2, 0.25) is 5.02 Å². The number of halogens is 2. The summed E-state index contributed by atoms with van der Waals surface area (Å²) in [6.45, 7) is 8.97. The van der Waals surface area contributed by atoms with Crippen molar-refractivity contribution in [3.8, 4) is 0 Å². The minimum Gasteiger partial charge on any atom is -0.317 e.